The van der Waals surface area contributed by atoms with Crippen molar-refractivity contribution in [2.24, 2.45) is 0 Å². The second-order valence-electron chi connectivity index (χ2n) is 6.67. The van der Waals surface area contributed by atoms with Gasteiger partial charge in [-0.25, -0.2) is 4.79 Å². The van der Waals surface area contributed by atoms with Gasteiger partial charge < -0.3 is 19.6 Å². The molecule has 6 nitrogen and oxygen atoms in total. The summed E-state index contributed by atoms with van der Waals surface area (Å²) in [5, 5.41) is 13.3. The predicted octanol–water partition coefficient (Wildman–Crippen LogP) is 4.46. The Morgan fingerprint density at radius 2 is 2.00 bits per heavy atom. The van der Waals surface area contributed by atoms with E-state index in [0.717, 1.165) is 4.47 Å². The summed E-state index contributed by atoms with van der Waals surface area (Å²) in [5.41, 5.74) is 1.52. The Morgan fingerprint density at radius 3 is 2.66 bits per heavy atom. The molecule has 1 atom stereocenters. The quantitative estimate of drug-likeness (QED) is 0.509. The smallest absolute Gasteiger partial charge is 0.339 e. The van der Waals surface area contributed by atoms with Gasteiger partial charge in [0.1, 0.15) is 11.3 Å². The first-order valence-electron chi connectivity index (χ1n) is 8.86. The Bertz CT molecular complexity index is 1110. The van der Waals surface area contributed by atoms with Crippen LogP contribution in [0.3, 0.4) is 0 Å². The fourth-order valence-electron chi connectivity index (χ4n) is 2.91. The molecule has 3 rings (SSSR count). The number of aryl methyl sites for hydroxylation is 1. The van der Waals surface area contributed by atoms with E-state index in [4.69, 9.17) is 20.8 Å². The summed E-state index contributed by atoms with van der Waals surface area (Å²) < 4.78 is 11.8. The van der Waals surface area contributed by atoms with E-state index >= 15 is 0 Å². The molecule has 0 radical (unpaired) electrons. The maximum atomic E-state index is 12.3. The molecule has 0 aliphatic heterocycles. The Hall–Kier alpha value is -2.35. The van der Waals surface area contributed by atoms with E-state index in [1.807, 2.05) is 12.1 Å². The molecule has 1 aromatic heterocycles. The van der Waals surface area contributed by atoms with Gasteiger partial charge in [0.2, 0.25) is 0 Å². The largest absolute Gasteiger partial charge is 0.482 e. The van der Waals surface area contributed by atoms with Crippen molar-refractivity contribution in [3.63, 3.8) is 0 Å². The molecule has 0 saturated heterocycles. The van der Waals surface area contributed by atoms with Crippen LogP contribution in [0.1, 0.15) is 18.1 Å². The van der Waals surface area contributed by atoms with Gasteiger partial charge in [0.25, 0.3) is 5.91 Å². The first kappa shape index (κ1) is 21.4. The molecule has 0 aliphatic carbocycles. The molecule has 29 heavy (non-hydrogen) atoms. The van der Waals surface area contributed by atoms with Gasteiger partial charge in [-0.15, -0.1) is 0 Å². The number of amides is 1. The monoisotopic (exact) mass is 479 g/mol. The maximum absolute atomic E-state index is 12.3. The second kappa shape index (κ2) is 8.98. The third kappa shape index (κ3) is 5.18. The van der Waals surface area contributed by atoms with E-state index in [1.165, 1.54) is 6.07 Å². The van der Waals surface area contributed by atoms with Gasteiger partial charge in [-0.3, -0.25) is 4.79 Å². The van der Waals surface area contributed by atoms with Crippen LogP contribution in [0.15, 0.2) is 50.1 Å². The number of halogens is 2. The van der Waals surface area contributed by atoms with E-state index < -0.39 is 11.7 Å². The molecule has 0 aliphatic rings. The number of benzene rings is 2. The average Bonchev–Trinajstić information content (AvgIpc) is 2.66. The molecule has 2 N–H and O–H groups in total. The molecule has 1 unspecified atom stereocenters. The van der Waals surface area contributed by atoms with Gasteiger partial charge in [0.15, 0.2) is 6.61 Å². The molecule has 0 bridgehead atoms. The number of aliphatic hydroxyl groups excluding tert-OH is 1. The topological polar surface area (TPSA) is 88.8 Å². The minimum Gasteiger partial charge on any atom is -0.482 e. The number of hydrogen-bond donors (Lipinski definition) is 2. The van der Waals surface area contributed by atoms with Crippen LogP contribution in [0.25, 0.3) is 11.0 Å². The van der Waals surface area contributed by atoms with Crippen molar-refractivity contribution >= 4 is 50.1 Å². The summed E-state index contributed by atoms with van der Waals surface area (Å²) in [6.07, 6.45) is -0.479. The van der Waals surface area contributed by atoms with Crippen molar-refractivity contribution in [2.75, 3.05) is 11.9 Å². The third-order valence-electron chi connectivity index (χ3n) is 4.33. The molecule has 8 heteroatoms. The Morgan fingerprint density at radius 1 is 1.31 bits per heavy atom. The number of fused-ring (bicyclic) bond motifs is 1. The van der Waals surface area contributed by atoms with Crippen molar-refractivity contribution in [1.82, 2.24) is 0 Å². The summed E-state index contributed by atoms with van der Waals surface area (Å²) in [5.74, 6) is -0.121. The highest BCUT2D eigenvalue weighted by Gasteiger charge is 2.16. The van der Waals surface area contributed by atoms with Crippen LogP contribution in [0, 0.1) is 6.92 Å². The molecule has 152 valence electrons. The van der Waals surface area contributed by atoms with Gasteiger partial charge in [0, 0.05) is 33.6 Å². The van der Waals surface area contributed by atoms with E-state index in [2.05, 4.69) is 21.2 Å². The molecule has 3 aromatic rings. The number of nitrogens with one attached hydrogen (secondary N) is 1. The fraction of sp³-hybridized carbons (Fsp3) is 0.238. The van der Waals surface area contributed by atoms with Gasteiger partial charge in [-0.2, -0.15) is 0 Å². The van der Waals surface area contributed by atoms with Crippen molar-refractivity contribution in [2.45, 2.75) is 26.4 Å². The summed E-state index contributed by atoms with van der Waals surface area (Å²) >= 11 is 9.63. The second-order valence-corrected chi connectivity index (χ2v) is 7.99. The highest BCUT2D eigenvalue weighted by molar-refractivity contribution is 9.10. The van der Waals surface area contributed by atoms with Crippen LogP contribution in [-0.4, -0.2) is 23.7 Å². The van der Waals surface area contributed by atoms with Crippen LogP contribution in [0.5, 0.6) is 5.75 Å². The van der Waals surface area contributed by atoms with E-state index in [9.17, 15) is 14.7 Å². The number of ether oxygens (including phenoxy) is 1. The Labute approximate surface area is 180 Å². The van der Waals surface area contributed by atoms with Crippen LogP contribution >= 0.6 is 27.5 Å². The fourth-order valence-corrected chi connectivity index (χ4v) is 3.39. The molecular weight excluding hydrogens is 462 g/mol. The number of carbonyl (C=O) groups is 1. The summed E-state index contributed by atoms with van der Waals surface area (Å²) in [6.45, 7) is 3.12. The first-order valence-corrected chi connectivity index (χ1v) is 10.0. The SMILES string of the molecule is Cc1c(CC(C)O)c(=O)oc2cc(OCC(=O)Nc3ccc(Br)cc3)c(Cl)cc12. The molecular formula is C21H19BrClNO5. The van der Waals surface area contributed by atoms with Crippen LogP contribution in [-0.2, 0) is 11.2 Å². The normalized spacial score (nSPS) is 12.0. The van der Waals surface area contributed by atoms with E-state index in [-0.39, 0.29) is 29.7 Å². The van der Waals surface area contributed by atoms with Crippen LogP contribution in [0.2, 0.25) is 5.02 Å². The lowest BCUT2D eigenvalue weighted by Gasteiger charge is -2.12. The third-order valence-corrected chi connectivity index (χ3v) is 5.15. The molecule has 1 heterocycles. The number of anilines is 1. The maximum Gasteiger partial charge on any atom is 0.339 e. The number of aliphatic hydroxyl groups is 1. The number of rotatable bonds is 6. The zero-order valence-electron chi connectivity index (χ0n) is 15.8. The van der Waals surface area contributed by atoms with E-state index in [0.29, 0.717) is 27.8 Å². The van der Waals surface area contributed by atoms with Crippen molar-refractivity contribution in [3.8, 4) is 5.75 Å². The van der Waals surface area contributed by atoms with Gasteiger partial charge in [0.05, 0.1) is 11.1 Å². The first-order chi connectivity index (χ1) is 13.7. The average molecular weight is 481 g/mol. The van der Waals surface area contributed by atoms with Crippen molar-refractivity contribution in [1.29, 1.82) is 0 Å². The zero-order valence-corrected chi connectivity index (χ0v) is 18.1. The van der Waals surface area contributed by atoms with Gasteiger partial charge in [-0.05, 0) is 49.7 Å². The van der Waals surface area contributed by atoms with Crippen molar-refractivity contribution in [3.05, 3.63) is 67.4 Å². The predicted molar refractivity (Wildman–Crippen MR) is 116 cm³/mol. The Balaban J connectivity index is 1.79. The molecule has 0 fully saturated rings. The highest BCUT2D eigenvalue weighted by Crippen LogP contribution is 2.32. The molecule has 0 spiro atoms. The molecule has 1 amide bonds. The van der Waals surface area contributed by atoms with Crippen molar-refractivity contribution < 1.29 is 19.1 Å². The van der Waals surface area contributed by atoms with Crippen LogP contribution < -0.4 is 15.7 Å². The lowest BCUT2D eigenvalue weighted by molar-refractivity contribution is -0.118. The van der Waals surface area contributed by atoms with Crippen LogP contribution in [0.4, 0.5) is 5.69 Å². The lowest BCUT2D eigenvalue weighted by Crippen LogP contribution is -2.20. The number of carbonyl (C=O) groups excluding carboxylic acids is 1. The standard InChI is InChI=1S/C21H19BrClNO5/c1-11(25)7-16-12(2)15-8-17(23)19(9-18(15)29-21(16)27)28-10-20(26)24-14-5-3-13(22)4-6-14/h3-6,8-9,11,25H,7,10H2,1-2H3,(H,24,26). The summed E-state index contributed by atoms with van der Waals surface area (Å²) in [6, 6.07) is 10.3. The Kier molecular flexibility index (Phi) is 6.62. The van der Waals surface area contributed by atoms with E-state index in [1.54, 1.807) is 32.0 Å². The summed E-state index contributed by atoms with van der Waals surface area (Å²) in [4.78, 5) is 24.4. The minimum absolute atomic E-state index is 0.191. The summed E-state index contributed by atoms with van der Waals surface area (Å²) in [7, 11) is 0. The molecule has 2 aromatic carbocycles. The lowest BCUT2D eigenvalue weighted by atomic mass is 10.0. The van der Waals surface area contributed by atoms with Gasteiger partial charge >= 0.3 is 5.63 Å². The zero-order chi connectivity index (χ0) is 21.1. The highest BCUT2D eigenvalue weighted by atomic mass is 79.9. The number of hydrogen-bond acceptors (Lipinski definition) is 5. The minimum atomic E-state index is -0.670. The van der Waals surface area contributed by atoms with Gasteiger partial charge in [-0.1, -0.05) is 27.5 Å². The molecule has 0 saturated carbocycles.